The van der Waals surface area contributed by atoms with Gasteiger partial charge in [-0.15, -0.1) is 0 Å². The molecule has 3 aliphatic heterocycles. The maximum absolute atomic E-state index is 13.8. The Hall–Kier alpha value is -3.39. The second kappa shape index (κ2) is 8.13. The van der Waals surface area contributed by atoms with Gasteiger partial charge >= 0.3 is 0 Å². The summed E-state index contributed by atoms with van der Waals surface area (Å²) in [7, 11) is 0. The zero-order valence-corrected chi connectivity index (χ0v) is 18.5. The third-order valence-corrected chi connectivity index (χ3v) is 7.21. The highest BCUT2D eigenvalue weighted by atomic mass is 19.1. The second-order valence-electron chi connectivity index (χ2n) is 9.19. The van der Waals surface area contributed by atoms with E-state index in [0.717, 1.165) is 23.1 Å². The Labute approximate surface area is 196 Å². The van der Waals surface area contributed by atoms with Crippen LogP contribution in [0.4, 0.5) is 14.6 Å². The first-order valence-electron chi connectivity index (χ1n) is 11.6. The summed E-state index contributed by atoms with van der Waals surface area (Å²) in [5.41, 5.74) is 1.47. The van der Waals surface area contributed by atoms with Crippen LogP contribution in [0.3, 0.4) is 0 Å². The molecule has 2 atom stereocenters. The molecule has 2 unspecified atom stereocenters. The number of aromatic nitrogens is 2. The van der Waals surface area contributed by atoms with Gasteiger partial charge in [0.2, 0.25) is 0 Å². The zero-order chi connectivity index (χ0) is 23.3. The summed E-state index contributed by atoms with van der Waals surface area (Å²) in [5.74, 6) is -0.512. The van der Waals surface area contributed by atoms with Crippen molar-refractivity contribution in [1.29, 1.82) is 0 Å². The van der Waals surface area contributed by atoms with Crippen LogP contribution in [0.25, 0.3) is 11.3 Å². The molecule has 0 radical (unpaired) electrons. The molecule has 0 bridgehead atoms. The average Bonchev–Trinajstić information content (AvgIpc) is 3.37. The molecule has 3 fully saturated rings. The normalized spacial score (nSPS) is 23.5. The first kappa shape index (κ1) is 21.2. The van der Waals surface area contributed by atoms with Gasteiger partial charge in [0.25, 0.3) is 5.91 Å². The van der Waals surface area contributed by atoms with Crippen LogP contribution in [0.5, 0.6) is 0 Å². The molecule has 1 aromatic heterocycles. The van der Waals surface area contributed by atoms with Crippen LogP contribution in [0, 0.1) is 11.6 Å². The molecule has 3 aliphatic rings. The average molecular weight is 463 g/mol. The van der Waals surface area contributed by atoms with Crippen molar-refractivity contribution in [1.82, 2.24) is 14.9 Å². The number of piperidine rings is 1. The molecule has 3 saturated heterocycles. The number of anilines is 1. The summed E-state index contributed by atoms with van der Waals surface area (Å²) < 4.78 is 34.0. The third-order valence-electron chi connectivity index (χ3n) is 7.21. The van der Waals surface area contributed by atoms with Crippen molar-refractivity contribution >= 4 is 11.7 Å². The lowest BCUT2D eigenvalue weighted by molar-refractivity contribution is -0.140. The van der Waals surface area contributed by atoms with Gasteiger partial charge in [0, 0.05) is 43.6 Å². The largest absolute Gasteiger partial charge is 0.356 e. The van der Waals surface area contributed by atoms with Gasteiger partial charge in [-0.25, -0.2) is 18.7 Å². The number of rotatable bonds is 3. The summed E-state index contributed by atoms with van der Waals surface area (Å²) in [6, 6.07) is 15.0. The Bertz CT molecular complexity index is 1210. The number of fused-ring (bicyclic) bond motifs is 1. The van der Waals surface area contributed by atoms with E-state index in [2.05, 4.69) is 14.9 Å². The van der Waals surface area contributed by atoms with E-state index in [1.807, 2.05) is 36.4 Å². The van der Waals surface area contributed by atoms with Crippen molar-refractivity contribution in [3.63, 3.8) is 0 Å². The molecule has 0 saturated carbocycles. The number of amides is 1. The predicted molar refractivity (Wildman–Crippen MR) is 122 cm³/mol. The number of carbonyl (C=O) groups is 1. The highest BCUT2D eigenvalue weighted by Crippen LogP contribution is 2.48. The topological polar surface area (TPSA) is 58.6 Å². The number of ether oxygens (including phenoxy) is 1. The molecule has 1 spiro atoms. The predicted octanol–water partition coefficient (Wildman–Crippen LogP) is 4.48. The molecule has 3 aromatic rings. The fraction of sp³-hybridized carbons (Fsp3) is 0.346. The van der Waals surface area contributed by atoms with Gasteiger partial charge in [0.15, 0.2) is 5.60 Å². The molecule has 174 valence electrons. The van der Waals surface area contributed by atoms with E-state index < -0.39 is 17.2 Å². The van der Waals surface area contributed by atoms with Gasteiger partial charge in [-0.2, -0.15) is 0 Å². The van der Waals surface area contributed by atoms with E-state index in [1.54, 1.807) is 11.2 Å². The standard InChI is InChI=1S/C26H24F2N4O2/c27-19-12-18(13-20(28)14-19)22-6-7-24-32(22)25(33)26(34-24)8-10-31(11-9-26)23-15-21(29-16-30-23)17-4-2-1-3-5-17/h1-5,12-16,22,24H,6-11H2. The minimum Gasteiger partial charge on any atom is -0.356 e. The maximum Gasteiger partial charge on any atom is 0.257 e. The van der Waals surface area contributed by atoms with Crippen LogP contribution in [0.2, 0.25) is 0 Å². The number of hydrogen-bond donors (Lipinski definition) is 0. The van der Waals surface area contributed by atoms with E-state index in [0.29, 0.717) is 44.3 Å². The number of halogens is 2. The lowest BCUT2D eigenvalue weighted by Gasteiger charge is -2.38. The molecular weight excluding hydrogens is 438 g/mol. The Morgan fingerprint density at radius 1 is 0.941 bits per heavy atom. The minimum absolute atomic E-state index is 0.0722. The van der Waals surface area contributed by atoms with Crippen LogP contribution < -0.4 is 4.90 Å². The van der Waals surface area contributed by atoms with Crippen LogP contribution in [0.1, 0.15) is 37.3 Å². The van der Waals surface area contributed by atoms with Crippen LogP contribution in [-0.4, -0.2) is 45.7 Å². The molecule has 0 aliphatic carbocycles. The second-order valence-corrected chi connectivity index (χ2v) is 9.19. The van der Waals surface area contributed by atoms with Gasteiger partial charge in [-0.1, -0.05) is 30.3 Å². The quantitative estimate of drug-likeness (QED) is 0.575. The van der Waals surface area contributed by atoms with Crippen molar-refractivity contribution in [2.24, 2.45) is 0 Å². The minimum atomic E-state index is -0.888. The molecule has 4 heterocycles. The van der Waals surface area contributed by atoms with Crippen molar-refractivity contribution < 1.29 is 18.3 Å². The van der Waals surface area contributed by atoms with E-state index in [-0.39, 0.29) is 18.2 Å². The van der Waals surface area contributed by atoms with Crippen LogP contribution >= 0.6 is 0 Å². The highest BCUT2D eigenvalue weighted by molar-refractivity contribution is 5.88. The summed E-state index contributed by atoms with van der Waals surface area (Å²) in [6.07, 6.45) is 3.58. The molecule has 1 amide bonds. The van der Waals surface area contributed by atoms with Gasteiger partial charge in [0.05, 0.1) is 11.7 Å². The summed E-state index contributed by atoms with van der Waals surface area (Å²) in [6.45, 7) is 1.24. The summed E-state index contributed by atoms with van der Waals surface area (Å²) in [4.78, 5) is 26.3. The Balaban J connectivity index is 1.19. The van der Waals surface area contributed by atoms with E-state index in [1.165, 1.54) is 12.1 Å². The number of carbonyl (C=O) groups excluding carboxylic acids is 1. The SMILES string of the molecule is O=C1N2C(CCC2c2cc(F)cc(F)c2)OC12CCN(c1cc(-c3ccccc3)ncn1)CC2. The van der Waals surface area contributed by atoms with Crippen LogP contribution in [0.15, 0.2) is 60.9 Å². The third kappa shape index (κ3) is 3.53. The number of nitrogens with zero attached hydrogens (tertiary/aromatic N) is 4. The molecule has 8 heteroatoms. The van der Waals surface area contributed by atoms with Crippen molar-refractivity contribution in [3.8, 4) is 11.3 Å². The lowest BCUT2D eigenvalue weighted by atomic mass is 9.89. The smallest absolute Gasteiger partial charge is 0.257 e. The van der Waals surface area contributed by atoms with Gasteiger partial charge < -0.3 is 14.5 Å². The van der Waals surface area contributed by atoms with E-state index >= 15 is 0 Å². The van der Waals surface area contributed by atoms with E-state index in [4.69, 9.17) is 4.74 Å². The van der Waals surface area contributed by atoms with Gasteiger partial charge in [0.1, 0.15) is 30.0 Å². The number of hydrogen-bond acceptors (Lipinski definition) is 5. The molecule has 34 heavy (non-hydrogen) atoms. The number of benzene rings is 2. The van der Waals surface area contributed by atoms with E-state index in [9.17, 15) is 13.6 Å². The fourth-order valence-corrected chi connectivity index (χ4v) is 5.52. The molecule has 0 N–H and O–H groups in total. The van der Waals surface area contributed by atoms with Crippen molar-refractivity contribution in [2.45, 2.75) is 43.6 Å². The molecule has 6 nitrogen and oxygen atoms in total. The zero-order valence-electron chi connectivity index (χ0n) is 18.5. The summed E-state index contributed by atoms with van der Waals surface area (Å²) >= 11 is 0. The first-order valence-corrected chi connectivity index (χ1v) is 11.6. The molecule has 2 aromatic carbocycles. The monoisotopic (exact) mass is 462 g/mol. The summed E-state index contributed by atoms with van der Waals surface area (Å²) in [5, 5.41) is 0. The Morgan fingerprint density at radius 3 is 2.41 bits per heavy atom. The first-order chi connectivity index (χ1) is 16.5. The maximum atomic E-state index is 13.8. The fourth-order valence-electron chi connectivity index (χ4n) is 5.52. The van der Waals surface area contributed by atoms with Crippen molar-refractivity contribution in [3.05, 3.63) is 78.1 Å². The highest BCUT2D eigenvalue weighted by Gasteiger charge is 2.58. The Morgan fingerprint density at radius 2 is 1.68 bits per heavy atom. The van der Waals surface area contributed by atoms with Crippen molar-refractivity contribution in [2.75, 3.05) is 18.0 Å². The molecule has 6 rings (SSSR count). The molecular formula is C26H24F2N4O2. The Kier molecular flexibility index (Phi) is 5.06. The van der Waals surface area contributed by atoms with Crippen LogP contribution in [-0.2, 0) is 9.53 Å². The van der Waals surface area contributed by atoms with Gasteiger partial charge in [-0.05, 0) is 30.5 Å². The van der Waals surface area contributed by atoms with Gasteiger partial charge in [-0.3, -0.25) is 4.79 Å². The lowest BCUT2D eigenvalue weighted by Crippen LogP contribution is -2.50.